The molecule has 1 N–H and O–H groups in total. The third-order valence-electron chi connectivity index (χ3n) is 5.49. The number of methoxy groups -OCH3 is 2. The normalized spacial score (nSPS) is 15.4. The van der Waals surface area contributed by atoms with Gasteiger partial charge in [0, 0.05) is 29.4 Å². The lowest BCUT2D eigenvalue weighted by Crippen LogP contribution is -2.27. The molecule has 9 heteroatoms. The van der Waals surface area contributed by atoms with Crippen LogP contribution in [0.15, 0.2) is 53.6 Å². The van der Waals surface area contributed by atoms with Gasteiger partial charge in [-0.1, -0.05) is 35.9 Å². The van der Waals surface area contributed by atoms with Crippen LogP contribution in [-0.2, 0) is 9.59 Å². The summed E-state index contributed by atoms with van der Waals surface area (Å²) in [5.41, 5.74) is 2.72. The Kier molecular flexibility index (Phi) is 6.46. The summed E-state index contributed by atoms with van der Waals surface area (Å²) in [6, 6.07) is 14.3. The molecule has 0 fully saturated rings. The number of carboxylic acid groups (broad SMARTS) is 1. The minimum atomic E-state index is -1.05. The molecular formula is C24H22ClN3O5. The molecule has 8 nitrogen and oxygen atoms in total. The van der Waals surface area contributed by atoms with Crippen LogP contribution in [0.2, 0.25) is 5.15 Å². The molecule has 1 amide bonds. The van der Waals surface area contributed by atoms with Crippen LogP contribution in [-0.4, -0.2) is 46.9 Å². The summed E-state index contributed by atoms with van der Waals surface area (Å²) in [6.07, 6.45) is -0.0665. The van der Waals surface area contributed by atoms with Gasteiger partial charge in [-0.3, -0.25) is 9.59 Å². The lowest BCUT2D eigenvalue weighted by atomic mass is 9.98. The van der Waals surface area contributed by atoms with Crippen molar-refractivity contribution in [2.75, 3.05) is 14.2 Å². The topological polar surface area (TPSA) is 101 Å². The fourth-order valence-corrected chi connectivity index (χ4v) is 4.12. The highest BCUT2D eigenvalue weighted by molar-refractivity contribution is 6.30. The summed E-state index contributed by atoms with van der Waals surface area (Å²) in [5, 5.41) is 16.0. The Morgan fingerprint density at radius 2 is 1.91 bits per heavy atom. The van der Waals surface area contributed by atoms with Crippen LogP contribution in [0, 0.1) is 0 Å². The largest absolute Gasteiger partial charge is 0.497 e. The SMILES string of the molecule is COc1cccc(C2=NN(C(=O)CCC(=O)O)[C@H](c3cc4cccc(OC)c4nc3Cl)C2)c1. The van der Waals surface area contributed by atoms with Gasteiger partial charge in [0.1, 0.15) is 22.2 Å². The highest BCUT2D eigenvalue weighted by Gasteiger charge is 2.35. The van der Waals surface area contributed by atoms with Crippen molar-refractivity contribution in [3.05, 3.63) is 64.8 Å². The molecule has 0 bridgehead atoms. The Morgan fingerprint density at radius 1 is 1.12 bits per heavy atom. The van der Waals surface area contributed by atoms with E-state index in [4.69, 9.17) is 26.2 Å². The number of hydrogen-bond donors (Lipinski definition) is 1. The molecule has 0 saturated carbocycles. The number of benzene rings is 2. The van der Waals surface area contributed by atoms with Gasteiger partial charge >= 0.3 is 5.97 Å². The lowest BCUT2D eigenvalue weighted by Gasteiger charge is -2.23. The van der Waals surface area contributed by atoms with E-state index >= 15 is 0 Å². The zero-order valence-electron chi connectivity index (χ0n) is 18.1. The fourth-order valence-electron chi connectivity index (χ4n) is 3.85. The molecule has 1 aromatic heterocycles. The van der Waals surface area contributed by atoms with Gasteiger partial charge in [0.2, 0.25) is 5.91 Å². The van der Waals surface area contributed by atoms with Gasteiger partial charge < -0.3 is 14.6 Å². The van der Waals surface area contributed by atoms with E-state index in [-0.39, 0.29) is 18.0 Å². The number of rotatable bonds is 7. The van der Waals surface area contributed by atoms with E-state index in [1.54, 1.807) is 20.3 Å². The number of para-hydroxylation sites is 1. The van der Waals surface area contributed by atoms with E-state index < -0.39 is 17.9 Å². The molecule has 170 valence electrons. The number of pyridine rings is 1. The summed E-state index contributed by atoms with van der Waals surface area (Å²) < 4.78 is 10.7. The monoisotopic (exact) mass is 467 g/mol. The number of aromatic nitrogens is 1. The number of halogens is 1. The summed E-state index contributed by atoms with van der Waals surface area (Å²) in [7, 11) is 3.14. The number of carbonyl (C=O) groups excluding carboxylic acids is 1. The average molecular weight is 468 g/mol. The molecule has 2 heterocycles. The van der Waals surface area contributed by atoms with Crippen molar-refractivity contribution in [3.8, 4) is 11.5 Å². The Labute approximate surface area is 195 Å². The zero-order valence-corrected chi connectivity index (χ0v) is 18.9. The maximum absolute atomic E-state index is 13.0. The number of amides is 1. The van der Waals surface area contributed by atoms with Crippen LogP contribution < -0.4 is 9.47 Å². The van der Waals surface area contributed by atoms with Crippen LogP contribution in [0.1, 0.15) is 36.4 Å². The second-order valence-corrected chi connectivity index (χ2v) is 7.89. The second-order valence-electron chi connectivity index (χ2n) is 7.53. The van der Waals surface area contributed by atoms with Crippen molar-refractivity contribution >= 4 is 40.1 Å². The Bertz CT molecular complexity index is 1260. The van der Waals surface area contributed by atoms with E-state index in [0.717, 1.165) is 10.9 Å². The van der Waals surface area contributed by atoms with E-state index in [2.05, 4.69) is 10.1 Å². The van der Waals surface area contributed by atoms with Gasteiger partial charge in [-0.05, 0) is 24.3 Å². The summed E-state index contributed by atoms with van der Waals surface area (Å²) in [6.45, 7) is 0. The quantitative estimate of drug-likeness (QED) is 0.515. The van der Waals surface area contributed by atoms with Gasteiger partial charge in [-0.15, -0.1) is 0 Å². The van der Waals surface area contributed by atoms with Crippen molar-refractivity contribution in [1.29, 1.82) is 0 Å². The van der Waals surface area contributed by atoms with Gasteiger partial charge in [0.25, 0.3) is 0 Å². The molecule has 1 aliphatic rings. The number of ether oxygens (including phenoxy) is 2. The molecule has 2 aromatic carbocycles. The lowest BCUT2D eigenvalue weighted by molar-refractivity contribution is -0.141. The van der Waals surface area contributed by atoms with Crippen molar-refractivity contribution in [2.24, 2.45) is 5.10 Å². The number of hydrogen-bond acceptors (Lipinski definition) is 6. The maximum Gasteiger partial charge on any atom is 0.303 e. The van der Waals surface area contributed by atoms with Gasteiger partial charge in [-0.2, -0.15) is 5.10 Å². The fraction of sp³-hybridized carbons (Fsp3) is 0.250. The van der Waals surface area contributed by atoms with E-state index in [1.807, 2.05) is 42.5 Å². The molecule has 0 aliphatic carbocycles. The first-order chi connectivity index (χ1) is 15.9. The van der Waals surface area contributed by atoms with E-state index in [0.29, 0.717) is 34.7 Å². The molecular weight excluding hydrogens is 446 g/mol. The molecule has 33 heavy (non-hydrogen) atoms. The highest BCUT2D eigenvalue weighted by Crippen LogP contribution is 2.39. The van der Waals surface area contributed by atoms with Crippen molar-refractivity contribution in [3.63, 3.8) is 0 Å². The predicted octanol–water partition coefficient (Wildman–Crippen LogP) is 4.45. The van der Waals surface area contributed by atoms with Gasteiger partial charge in [-0.25, -0.2) is 9.99 Å². The number of carboxylic acids is 1. The first kappa shape index (κ1) is 22.5. The predicted molar refractivity (Wildman–Crippen MR) is 124 cm³/mol. The van der Waals surface area contributed by atoms with Crippen LogP contribution in [0.5, 0.6) is 11.5 Å². The molecule has 0 radical (unpaired) electrons. The highest BCUT2D eigenvalue weighted by atomic mass is 35.5. The number of nitrogens with zero attached hydrogens (tertiary/aromatic N) is 3. The summed E-state index contributed by atoms with van der Waals surface area (Å²) >= 11 is 6.58. The van der Waals surface area contributed by atoms with E-state index in [9.17, 15) is 9.59 Å². The van der Waals surface area contributed by atoms with Crippen molar-refractivity contribution in [1.82, 2.24) is 9.99 Å². The molecule has 1 aliphatic heterocycles. The van der Waals surface area contributed by atoms with Gasteiger partial charge in [0.05, 0.1) is 32.4 Å². The number of fused-ring (bicyclic) bond motifs is 1. The first-order valence-corrected chi connectivity index (χ1v) is 10.7. The summed E-state index contributed by atoms with van der Waals surface area (Å²) in [4.78, 5) is 28.5. The second kappa shape index (κ2) is 9.46. The minimum absolute atomic E-state index is 0.173. The standard InChI is InChI=1S/C24H22ClN3O5/c1-32-16-7-3-5-14(11-16)18-13-19(28(27-18)21(29)9-10-22(30)31)17-12-15-6-4-8-20(33-2)23(15)26-24(17)25/h3-8,11-12,19H,9-10,13H2,1-2H3,(H,30,31)/t19-/m0/s1. The summed E-state index contributed by atoms with van der Waals surface area (Å²) in [5.74, 6) is -0.189. The molecule has 4 rings (SSSR count). The molecule has 1 atom stereocenters. The molecule has 0 spiro atoms. The van der Waals surface area contributed by atoms with Crippen LogP contribution >= 0.6 is 11.6 Å². The Morgan fingerprint density at radius 3 is 2.64 bits per heavy atom. The Hall–Kier alpha value is -3.65. The maximum atomic E-state index is 13.0. The smallest absolute Gasteiger partial charge is 0.303 e. The third kappa shape index (κ3) is 4.61. The van der Waals surface area contributed by atoms with Crippen LogP contribution in [0.4, 0.5) is 0 Å². The van der Waals surface area contributed by atoms with Crippen molar-refractivity contribution < 1.29 is 24.2 Å². The average Bonchev–Trinajstić information content (AvgIpc) is 3.27. The minimum Gasteiger partial charge on any atom is -0.497 e. The van der Waals surface area contributed by atoms with Gasteiger partial charge in [0.15, 0.2) is 0 Å². The van der Waals surface area contributed by atoms with Crippen molar-refractivity contribution in [2.45, 2.75) is 25.3 Å². The first-order valence-electron chi connectivity index (χ1n) is 10.3. The zero-order chi connectivity index (χ0) is 23.5. The van der Waals surface area contributed by atoms with E-state index in [1.165, 1.54) is 5.01 Å². The molecule has 3 aromatic rings. The number of carbonyl (C=O) groups is 2. The van der Waals surface area contributed by atoms with Crippen LogP contribution in [0.3, 0.4) is 0 Å². The molecule has 0 unspecified atom stereocenters. The number of hydrazone groups is 1. The third-order valence-corrected chi connectivity index (χ3v) is 5.79. The number of aliphatic carboxylic acids is 1. The molecule has 0 saturated heterocycles. The Balaban J connectivity index is 1.76. The van der Waals surface area contributed by atoms with Crippen LogP contribution in [0.25, 0.3) is 10.9 Å².